The SMILES string of the molecule is NC=CC=Nc1ccc([N+](=O)[O-])cc1. The van der Waals surface area contributed by atoms with Crippen molar-refractivity contribution in [2.45, 2.75) is 0 Å². The summed E-state index contributed by atoms with van der Waals surface area (Å²) in [5.41, 5.74) is 5.80. The Kier molecular flexibility index (Phi) is 3.37. The second kappa shape index (κ2) is 4.76. The molecule has 0 radical (unpaired) electrons. The van der Waals surface area contributed by atoms with Crippen molar-refractivity contribution in [1.82, 2.24) is 0 Å². The van der Waals surface area contributed by atoms with E-state index in [4.69, 9.17) is 5.73 Å². The first-order chi connectivity index (χ1) is 6.74. The molecule has 5 heteroatoms. The van der Waals surface area contributed by atoms with E-state index >= 15 is 0 Å². The van der Waals surface area contributed by atoms with E-state index in [2.05, 4.69) is 4.99 Å². The quantitative estimate of drug-likeness (QED) is 0.449. The van der Waals surface area contributed by atoms with Gasteiger partial charge in [0.2, 0.25) is 0 Å². The summed E-state index contributed by atoms with van der Waals surface area (Å²) >= 11 is 0. The molecule has 0 atom stereocenters. The van der Waals surface area contributed by atoms with Gasteiger partial charge in [-0.25, -0.2) is 0 Å². The van der Waals surface area contributed by atoms with Crippen LogP contribution in [-0.2, 0) is 0 Å². The number of aliphatic imine (C=N–C) groups is 1. The summed E-state index contributed by atoms with van der Waals surface area (Å²) in [6.45, 7) is 0. The van der Waals surface area contributed by atoms with Crippen LogP contribution >= 0.6 is 0 Å². The van der Waals surface area contributed by atoms with E-state index in [1.807, 2.05) is 0 Å². The minimum absolute atomic E-state index is 0.0540. The minimum atomic E-state index is -0.451. The predicted octanol–water partition coefficient (Wildman–Crippen LogP) is 1.77. The van der Waals surface area contributed by atoms with Gasteiger partial charge in [0.05, 0.1) is 10.6 Å². The molecular weight excluding hydrogens is 182 g/mol. The van der Waals surface area contributed by atoms with Crippen LogP contribution in [0.1, 0.15) is 0 Å². The first-order valence-electron chi connectivity index (χ1n) is 3.89. The average molecular weight is 191 g/mol. The van der Waals surface area contributed by atoms with Gasteiger partial charge in [-0.3, -0.25) is 15.1 Å². The molecule has 0 aromatic heterocycles. The topological polar surface area (TPSA) is 81.5 Å². The van der Waals surface area contributed by atoms with Crippen LogP contribution in [0.5, 0.6) is 0 Å². The molecule has 0 aliphatic rings. The van der Waals surface area contributed by atoms with Crippen LogP contribution in [0.15, 0.2) is 41.5 Å². The third-order valence-electron chi connectivity index (χ3n) is 1.48. The van der Waals surface area contributed by atoms with Gasteiger partial charge in [0.15, 0.2) is 0 Å². The molecule has 0 aliphatic heterocycles. The van der Waals surface area contributed by atoms with E-state index in [1.165, 1.54) is 24.5 Å². The Hall–Kier alpha value is -2.17. The van der Waals surface area contributed by atoms with Crippen LogP contribution < -0.4 is 5.73 Å². The Bertz CT molecular complexity index is 368. The van der Waals surface area contributed by atoms with Crippen molar-refractivity contribution in [2.24, 2.45) is 10.7 Å². The maximum Gasteiger partial charge on any atom is 0.269 e. The molecule has 0 fully saturated rings. The second-order valence-electron chi connectivity index (χ2n) is 2.44. The van der Waals surface area contributed by atoms with Gasteiger partial charge in [-0.15, -0.1) is 0 Å². The fourth-order valence-electron chi connectivity index (χ4n) is 0.839. The first kappa shape index (κ1) is 9.91. The lowest BCUT2D eigenvalue weighted by atomic mass is 10.3. The van der Waals surface area contributed by atoms with E-state index in [0.717, 1.165) is 0 Å². The highest BCUT2D eigenvalue weighted by Crippen LogP contribution is 2.17. The summed E-state index contributed by atoms with van der Waals surface area (Å²) in [4.78, 5) is 13.8. The van der Waals surface area contributed by atoms with Gasteiger partial charge in [-0.05, 0) is 24.4 Å². The summed E-state index contributed by atoms with van der Waals surface area (Å²) in [6, 6.07) is 5.94. The smallest absolute Gasteiger partial charge is 0.269 e. The van der Waals surface area contributed by atoms with Gasteiger partial charge >= 0.3 is 0 Å². The maximum absolute atomic E-state index is 10.3. The van der Waals surface area contributed by atoms with Crippen molar-refractivity contribution in [1.29, 1.82) is 0 Å². The van der Waals surface area contributed by atoms with E-state index in [9.17, 15) is 10.1 Å². The summed E-state index contributed by atoms with van der Waals surface area (Å²) in [5, 5.41) is 10.3. The number of nitrogens with two attached hydrogens (primary N) is 1. The van der Waals surface area contributed by atoms with E-state index in [-0.39, 0.29) is 5.69 Å². The van der Waals surface area contributed by atoms with Gasteiger partial charge in [-0.2, -0.15) is 0 Å². The maximum atomic E-state index is 10.3. The van der Waals surface area contributed by atoms with Crippen molar-refractivity contribution < 1.29 is 4.92 Å². The standard InChI is InChI=1S/C9H9N3O2/c10-6-1-7-11-8-2-4-9(5-3-8)12(13)14/h1-7H,10H2. The number of non-ortho nitro benzene ring substituents is 1. The molecule has 1 rings (SSSR count). The van der Waals surface area contributed by atoms with Crippen LogP contribution in [0.3, 0.4) is 0 Å². The summed E-state index contributed by atoms with van der Waals surface area (Å²) in [6.07, 6.45) is 4.44. The zero-order chi connectivity index (χ0) is 10.4. The fourth-order valence-corrected chi connectivity index (χ4v) is 0.839. The van der Waals surface area contributed by atoms with Crippen LogP contribution in [0.4, 0.5) is 11.4 Å². The Balaban J connectivity index is 2.78. The molecule has 0 heterocycles. The molecule has 0 aliphatic carbocycles. The third-order valence-corrected chi connectivity index (χ3v) is 1.48. The molecule has 0 amide bonds. The average Bonchev–Trinajstić information content (AvgIpc) is 2.19. The molecule has 0 saturated carbocycles. The second-order valence-corrected chi connectivity index (χ2v) is 2.44. The molecule has 2 N–H and O–H groups in total. The van der Waals surface area contributed by atoms with Gasteiger partial charge < -0.3 is 5.73 Å². The van der Waals surface area contributed by atoms with Crippen molar-refractivity contribution in [3.63, 3.8) is 0 Å². The zero-order valence-electron chi connectivity index (χ0n) is 7.33. The van der Waals surface area contributed by atoms with Crippen molar-refractivity contribution in [3.05, 3.63) is 46.7 Å². The van der Waals surface area contributed by atoms with Gasteiger partial charge in [-0.1, -0.05) is 0 Å². The summed E-state index contributed by atoms with van der Waals surface area (Å²) in [5.74, 6) is 0. The fraction of sp³-hybridized carbons (Fsp3) is 0. The normalized spacial score (nSPS) is 11.1. The minimum Gasteiger partial charge on any atom is -0.405 e. The highest BCUT2D eigenvalue weighted by Gasteiger charge is 2.02. The lowest BCUT2D eigenvalue weighted by Gasteiger charge is -1.91. The van der Waals surface area contributed by atoms with Crippen LogP contribution in [0.2, 0.25) is 0 Å². The summed E-state index contributed by atoms with van der Waals surface area (Å²) < 4.78 is 0. The number of benzene rings is 1. The van der Waals surface area contributed by atoms with Crippen molar-refractivity contribution in [3.8, 4) is 0 Å². The molecule has 0 bridgehead atoms. The Morgan fingerprint density at radius 1 is 1.36 bits per heavy atom. The molecule has 1 aromatic carbocycles. The van der Waals surface area contributed by atoms with Crippen molar-refractivity contribution >= 4 is 17.6 Å². The number of nitro groups is 1. The van der Waals surface area contributed by atoms with Gasteiger partial charge in [0.1, 0.15) is 0 Å². The molecule has 0 saturated heterocycles. The van der Waals surface area contributed by atoms with Crippen molar-refractivity contribution in [2.75, 3.05) is 0 Å². The number of hydrogen-bond acceptors (Lipinski definition) is 4. The Morgan fingerprint density at radius 2 is 2.00 bits per heavy atom. The molecular formula is C9H9N3O2. The van der Waals surface area contributed by atoms with E-state index < -0.39 is 4.92 Å². The number of allylic oxidation sites excluding steroid dienone is 1. The first-order valence-corrected chi connectivity index (χ1v) is 3.89. The lowest BCUT2D eigenvalue weighted by molar-refractivity contribution is -0.384. The largest absolute Gasteiger partial charge is 0.405 e. The van der Waals surface area contributed by atoms with Crippen LogP contribution in [0, 0.1) is 10.1 Å². The number of hydrogen-bond donors (Lipinski definition) is 1. The zero-order valence-corrected chi connectivity index (χ0v) is 7.33. The molecule has 0 spiro atoms. The van der Waals surface area contributed by atoms with E-state index in [0.29, 0.717) is 5.69 Å². The van der Waals surface area contributed by atoms with Crippen LogP contribution in [0.25, 0.3) is 0 Å². The lowest BCUT2D eigenvalue weighted by Crippen LogP contribution is -1.85. The highest BCUT2D eigenvalue weighted by atomic mass is 16.6. The summed E-state index contributed by atoms with van der Waals surface area (Å²) in [7, 11) is 0. The predicted molar refractivity (Wildman–Crippen MR) is 54.6 cm³/mol. The highest BCUT2D eigenvalue weighted by molar-refractivity contribution is 5.74. The molecule has 0 unspecified atom stereocenters. The van der Waals surface area contributed by atoms with E-state index in [1.54, 1.807) is 18.2 Å². The van der Waals surface area contributed by atoms with Gasteiger partial charge in [0.25, 0.3) is 5.69 Å². The third kappa shape index (κ3) is 2.71. The Labute approximate surface area is 80.7 Å². The molecule has 1 aromatic rings. The number of rotatable bonds is 3. The number of nitrogens with zero attached hydrogens (tertiary/aromatic N) is 2. The number of nitro benzene ring substituents is 1. The van der Waals surface area contributed by atoms with Crippen LogP contribution in [-0.4, -0.2) is 11.1 Å². The monoisotopic (exact) mass is 191 g/mol. The molecule has 14 heavy (non-hydrogen) atoms. The Morgan fingerprint density at radius 3 is 2.50 bits per heavy atom. The molecule has 5 nitrogen and oxygen atoms in total. The van der Waals surface area contributed by atoms with Gasteiger partial charge in [0, 0.05) is 18.3 Å². The molecule has 72 valence electrons.